The number of hydrogen-bond donors (Lipinski definition) is 1. The van der Waals surface area contributed by atoms with Gasteiger partial charge in [0.15, 0.2) is 5.76 Å². The second kappa shape index (κ2) is 3.94. The Morgan fingerprint density at radius 2 is 2.41 bits per heavy atom. The van der Waals surface area contributed by atoms with Gasteiger partial charge in [-0.1, -0.05) is 11.2 Å². The summed E-state index contributed by atoms with van der Waals surface area (Å²) in [5.41, 5.74) is 0.393. The highest BCUT2D eigenvalue weighted by atomic mass is 32.1. The number of likely N-dealkylation sites (tertiary alicyclic amines) is 1. The molecule has 1 aliphatic heterocycles. The lowest BCUT2D eigenvalue weighted by atomic mass is 9.97. The molecule has 90 valence electrons. The van der Waals surface area contributed by atoms with Crippen molar-refractivity contribution in [2.24, 2.45) is 0 Å². The molecule has 2 aromatic heterocycles. The van der Waals surface area contributed by atoms with E-state index in [1.54, 1.807) is 11.3 Å². The van der Waals surface area contributed by atoms with Crippen molar-refractivity contribution in [3.05, 3.63) is 29.3 Å². The Hall–Kier alpha value is -1.17. The van der Waals surface area contributed by atoms with Crippen molar-refractivity contribution in [1.29, 1.82) is 0 Å². The molecule has 0 aliphatic carbocycles. The molecule has 1 aliphatic rings. The zero-order valence-electron chi connectivity index (χ0n) is 9.59. The van der Waals surface area contributed by atoms with E-state index in [1.807, 2.05) is 30.5 Å². The summed E-state index contributed by atoms with van der Waals surface area (Å²) >= 11 is 1.64. The summed E-state index contributed by atoms with van der Waals surface area (Å²) in [6.07, 6.45) is 0. The van der Waals surface area contributed by atoms with Crippen molar-refractivity contribution in [2.75, 3.05) is 13.1 Å². The van der Waals surface area contributed by atoms with Crippen LogP contribution in [0.5, 0.6) is 0 Å². The van der Waals surface area contributed by atoms with E-state index in [9.17, 15) is 5.11 Å². The number of aromatic nitrogens is 1. The minimum Gasteiger partial charge on any atom is -0.388 e. The second-order valence-electron chi connectivity index (χ2n) is 4.80. The first-order chi connectivity index (χ1) is 8.12. The highest BCUT2D eigenvalue weighted by molar-refractivity contribution is 7.13. The molecule has 3 heterocycles. The third-order valence-electron chi connectivity index (χ3n) is 2.84. The summed E-state index contributed by atoms with van der Waals surface area (Å²) in [5.74, 6) is 0.822. The number of thiophene rings is 1. The van der Waals surface area contributed by atoms with Gasteiger partial charge in [-0.05, 0) is 18.4 Å². The third-order valence-corrected chi connectivity index (χ3v) is 3.72. The van der Waals surface area contributed by atoms with Gasteiger partial charge in [-0.15, -0.1) is 11.3 Å². The highest BCUT2D eigenvalue weighted by Crippen LogP contribution is 2.27. The third kappa shape index (κ3) is 2.26. The van der Waals surface area contributed by atoms with Crippen molar-refractivity contribution < 1.29 is 9.63 Å². The minimum atomic E-state index is -0.527. The first-order valence-corrected chi connectivity index (χ1v) is 6.45. The van der Waals surface area contributed by atoms with Crippen LogP contribution in [-0.2, 0) is 6.54 Å². The van der Waals surface area contributed by atoms with E-state index in [4.69, 9.17) is 4.52 Å². The van der Waals surface area contributed by atoms with Crippen LogP contribution >= 0.6 is 11.3 Å². The molecule has 0 amide bonds. The molecule has 1 saturated heterocycles. The molecular weight excluding hydrogens is 236 g/mol. The fraction of sp³-hybridized carbons (Fsp3) is 0.417. The maximum absolute atomic E-state index is 9.63. The van der Waals surface area contributed by atoms with E-state index in [-0.39, 0.29) is 0 Å². The van der Waals surface area contributed by atoms with Crippen LogP contribution in [0.25, 0.3) is 10.6 Å². The van der Waals surface area contributed by atoms with Gasteiger partial charge in [-0.2, -0.15) is 0 Å². The lowest BCUT2D eigenvalue weighted by Crippen LogP contribution is -2.59. The van der Waals surface area contributed by atoms with Crippen molar-refractivity contribution in [3.8, 4) is 10.6 Å². The lowest BCUT2D eigenvalue weighted by Gasteiger charge is -2.43. The van der Waals surface area contributed by atoms with Crippen LogP contribution in [0.2, 0.25) is 0 Å². The van der Waals surface area contributed by atoms with Gasteiger partial charge < -0.3 is 9.63 Å². The largest absolute Gasteiger partial charge is 0.388 e. The predicted octanol–water partition coefficient (Wildman–Crippen LogP) is 1.97. The average Bonchev–Trinajstić information content (AvgIpc) is 2.82. The minimum absolute atomic E-state index is 0.527. The first kappa shape index (κ1) is 11.0. The standard InChI is InChI=1S/C12H14N2O2S/c1-12(15)7-14(8-12)6-9-5-10(16-13-9)11-3-2-4-17-11/h2-5,15H,6-8H2,1H3. The molecule has 4 nitrogen and oxygen atoms in total. The van der Waals surface area contributed by atoms with E-state index in [1.165, 1.54) is 0 Å². The van der Waals surface area contributed by atoms with E-state index < -0.39 is 5.60 Å². The average molecular weight is 250 g/mol. The van der Waals surface area contributed by atoms with Gasteiger partial charge in [-0.3, -0.25) is 4.90 Å². The molecule has 0 bridgehead atoms. The number of rotatable bonds is 3. The van der Waals surface area contributed by atoms with Crippen molar-refractivity contribution >= 4 is 11.3 Å². The van der Waals surface area contributed by atoms with Crippen LogP contribution in [0.1, 0.15) is 12.6 Å². The van der Waals surface area contributed by atoms with E-state index in [0.29, 0.717) is 13.1 Å². The number of aliphatic hydroxyl groups is 1. The van der Waals surface area contributed by atoms with Gasteiger partial charge in [0.1, 0.15) is 0 Å². The Bertz CT molecular complexity index is 496. The quantitative estimate of drug-likeness (QED) is 0.904. The number of hydrogen-bond acceptors (Lipinski definition) is 5. The molecule has 17 heavy (non-hydrogen) atoms. The van der Waals surface area contributed by atoms with Crippen LogP contribution in [0.15, 0.2) is 28.1 Å². The normalized spacial score (nSPS) is 19.2. The van der Waals surface area contributed by atoms with E-state index in [2.05, 4.69) is 10.1 Å². The molecule has 0 unspecified atom stereocenters. The van der Waals surface area contributed by atoms with Gasteiger partial charge in [0, 0.05) is 25.7 Å². The molecular formula is C12H14N2O2S. The van der Waals surface area contributed by atoms with Crippen LogP contribution in [-0.4, -0.2) is 33.9 Å². The molecule has 3 rings (SSSR count). The summed E-state index contributed by atoms with van der Waals surface area (Å²) in [7, 11) is 0. The molecule has 2 aromatic rings. The first-order valence-electron chi connectivity index (χ1n) is 5.57. The van der Waals surface area contributed by atoms with Gasteiger partial charge in [0.2, 0.25) is 0 Å². The summed E-state index contributed by atoms with van der Waals surface area (Å²) in [6, 6.07) is 5.98. The second-order valence-corrected chi connectivity index (χ2v) is 5.75. The van der Waals surface area contributed by atoms with Gasteiger partial charge in [0.25, 0.3) is 0 Å². The lowest BCUT2D eigenvalue weighted by molar-refractivity contribution is -0.0877. The SMILES string of the molecule is CC1(O)CN(Cc2cc(-c3cccs3)on2)C1. The Labute approximate surface area is 103 Å². The maximum atomic E-state index is 9.63. The molecule has 0 atom stereocenters. The molecule has 0 aromatic carbocycles. The van der Waals surface area contributed by atoms with Crippen LogP contribution in [0.3, 0.4) is 0 Å². The Morgan fingerprint density at radius 1 is 1.59 bits per heavy atom. The molecule has 0 radical (unpaired) electrons. The van der Waals surface area contributed by atoms with Crippen molar-refractivity contribution in [3.63, 3.8) is 0 Å². The Balaban J connectivity index is 1.66. The van der Waals surface area contributed by atoms with Gasteiger partial charge in [-0.25, -0.2) is 0 Å². The van der Waals surface area contributed by atoms with Crippen LogP contribution < -0.4 is 0 Å². The monoisotopic (exact) mass is 250 g/mol. The molecule has 1 fully saturated rings. The summed E-state index contributed by atoms with van der Waals surface area (Å²) < 4.78 is 5.30. The summed E-state index contributed by atoms with van der Waals surface area (Å²) in [6.45, 7) is 4.00. The Morgan fingerprint density at radius 3 is 3.06 bits per heavy atom. The maximum Gasteiger partial charge on any atom is 0.177 e. The summed E-state index contributed by atoms with van der Waals surface area (Å²) in [4.78, 5) is 3.25. The topological polar surface area (TPSA) is 49.5 Å². The highest BCUT2D eigenvalue weighted by Gasteiger charge is 2.36. The zero-order chi connectivity index (χ0) is 11.9. The van der Waals surface area contributed by atoms with Crippen LogP contribution in [0, 0.1) is 0 Å². The molecule has 1 N–H and O–H groups in total. The number of β-amino-alcohol motifs (C(OH)–C–C–N with tert-alkyl or cyclic N) is 1. The van der Waals surface area contributed by atoms with Gasteiger partial charge >= 0.3 is 0 Å². The van der Waals surface area contributed by atoms with E-state index in [0.717, 1.165) is 22.9 Å². The van der Waals surface area contributed by atoms with Crippen LogP contribution in [0.4, 0.5) is 0 Å². The molecule has 0 saturated carbocycles. The predicted molar refractivity (Wildman–Crippen MR) is 65.7 cm³/mol. The fourth-order valence-corrected chi connectivity index (χ4v) is 2.85. The zero-order valence-corrected chi connectivity index (χ0v) is 10.4. The smallest absolute Gasteiger partial charge is 0.177 e. The Kier molecular flexibility index (Phi) is 2.54. The molecule has 0 spiro atoms. The van der Waals surface area contributed by atoms with Gasteiger partial charge in [0.05, 0.1) is 16.2 Å². The van der Waals surface area contributed by atoms with E-state index >= 15 is 0 Å². The fourth-order valence-electron chi connectivity index (χ4n) is 2.18. The number of nitrogens with zero attached hydrogens (tertiary/aromatic N) is 2. The summed E-state index contributed by atoms with van der Waals surface area (Å²) in [5, 5.41) is 15.7. The van der Waals surface area contributed by atoms with Crippen molar-refractivity contribution in [2.45, 2.75) is 19.1 Å². The van der Waals surface area contributed by atoms with Crippen molar-refractivity contribution in [1.82, 2.24) is 10.1 Å². The molecule has 5 heteroatoms.